The minimum atomic E-state index is -4.42. The number of nitrogens with zero attached hydrogens (tertiary/aromatic N) is 1. The fourth-order valence-corrected chi connectivity index (χ4v) is 5.25. The number of hydrogen-bond donors (Lipinski definition) is 3. The standard InChI is InChI=1S/C22H28ClFN3O9P/c1-12(2)34-19(30)13(3)26-37(32,36-15-8-6-5-7-14(15)23)33-11-16-18(29)22(4,24)20(35-16)27-10-9-17(28)25-21(27)31/h5-10,12-13,16,18,20,29H,11H2,1-4H3,(H,26,32)(H,25,28,31)/t13-,16?,18+,20?,22+,37?/m0/s1. The number of aliphatic hydroxyl groups is 1. The maximum atomic E-state index is 15.5. The highest BCUT2D eigenvalue weighted by molar-refractivity contribution is 7.52. The van der Waals surface area contributed by atoms with Gasteiger partial charge in [0.1, 0.15) is 24.0 Å². The summed E-state index contributed by atoms with van der Waals surface area (Å²) in [6, 6.07) is 5.89. The number of H-pyrrole nitrogens is 1. The van der Waals surface area contributed by atoms with Crippen molar-refractivity contribution in [1.82, 2.24) is 14.6 Å². The summed E-state index contributed by atoms with van der Waals surface area (Å²) in [7, 11) is -4.42. The Hall–Kier alpha value is -2.54. The molecule has 1 aliphatic heterocycles. The van der Waals surface area contributed by atoms with E-state index in [1.165, 1.54) is 19.1 Å². The van der Waals surface area contributed by atoms with E-state index in [1.54, 1.807) is 26.0 Å². The number of carbonyl (C=O) groups is 1. The number of carbonyl (C=O) groups excluding carboxylic acids is 1. The zero-order valence-corrected chi connectivity index (χ0v) is 22.1. The largest absolute Gasteiger partial charge is 0.462 e. The van der Waals surface area contributed by atoms with Gasteiger partial charge in [-0.1, -0.05) is 23.7 Å². The normalized spacial score (nSPS) is 26.0. The van der Waals surface area contributed by atoms with Crippen LogP contribution in [-0.2, 0) is 23.4 Å². The second-order valence-electron chi connectivity index (χ2n) is 8.79. The molecule has 1 aromatic heterocycles. The van der Waals surface area contributed by atoms with E-state index in [9.17, 15) is 24.1 Å². The first-order valence-corrected chi connectivity index (χ1v) is 13.2. The molecule has 3 unspecified atom stereocenters. The Balaban J connectivity index is 1.83. The van der Waals surface area contributed by atoms with E-state index in [1.807, 2.05) is 4.98 Å². The maximum absolute atomic E-state index is 15.5. The summed E-state index contributed by atoms with van der Waals surface area (Å²) in [6.07, 6.45) is -4.33. The summed E-state index contributed by atoms with van der Waals surface area (Å²) < 4.78 is 51.5. The van der Waals surface area contributed by atoms with Crippen molar-refractivity contribution in [3.05, 3.63) is 62.4 Å². The first kappa shape index (κ1) is 29.0. The van der Waals surface area contributed by atoms with E-state index in [0.717, 1.165) is 23.8 Å². The van der Waals surface area contributed by atoms with Gasteiger partial charge >= 0.3 is 19.4 Å². The average molecular weight is 564 g/mol. The maximum Gasteiger partial charge on any atom is 0.459 e. The highest BCUT2D eigenvalue weighted by Gasteiger charge is 2.56. The molecule has 1 aromatic carbocycles. The molecule has 37 heavy (non-hydrogen) atoms. The third-order valence-corrected chi connectivity index (χ3v) is 7.28. The van der Waals surface area contributed by atoms with Gasteiger partial charge in [-0.15, -0.1) is 0 Å². The number of aliphatic hydroxyl groups excluding tert-OH is 1. The summed E-state index contributed by atoms with van der Waals surface area (Å²) in [6.45, 7) is 4.96. The fourth-order valence-electron chi connectivity index (χ4n) is 3.50. The van der Waals surface area contributed by atoms with Gasteiger partial charge in [0.25, 0.3) is 5.56 Å². The lowest BCUT2D eigenvalue weighted by atomic mass is 9.98. The molecule has 1 aliphatic rings. The van der Waals surface area contributed by atoms with Crippen LogP contribution in [0.2, 0.25) is 5.02 Å². The van der Waals surface area contributed by atoms with Crippen molar-refractivity contribution in [3.8, 4) is 5.75 Å². The van der Waals surface area contributed by atoms with Crippen LogP contribution in [0.4, 0.5) is 4.39 Å². The van der Waals surface area contributed by atoms with Crippen LogP contribution in [-0.4, -0.2) is 57.3 Å². The number of benzene rings is 1. The second-order valence-corrected chi connectivity index (χ2v) is 10.9. The van der Waals surface area contributed by atoms with Gasteiger partial charge in [-0.3, -0.25) is 23.7 Å². The van der Waals surface area contributed by atoms with E-state index >= 15 is 4.39 Å². The Labute approximate surface area is 216 Å². The Morgan fingerprint density at radius 1 is 1.32 bits per heavy atom. The Morgan fingerprint density at radius 2 is 2.00 bits per heavy atom. The molecule has 0 bridgehead atoms. The zero-order chi connectivity index (χ0) is 27.5. The van der Waals surface area contributed by atoms with Crippen molar-refractivity contribution in [1.29, 1.82) is 0 Å². The van der Waals surface area contributed by atoms with Crippen LogP contribution in [0.25, 0.3) is 0 Å². The third kappa shape index (κ3) is 6.86. The lowest BCUT2D eigenvalue weighted by molar-refractivity contribution is -0.149. The van der Waals surface area contributed by atoms with Crippen LogP contribution >= 0.6 is 19.3 Å². The second kappa shape index (κ2) is 11.5. The summed E-state index contributed by atoms with van der Waals surface area (Å²) in [4.78, 5) is 37.8. The number of halogens is 2. The number of aromatic nitrogens is 2. The Kier molecular flexibility index (Phi) is 8.99. The number of hydrogen-bond acceptors (Lipinski definition) is 9. The molecule has 2 aromatic rings. The van der Waals surface area contributed by atoms with Gasteiger partial charge in [0.15, 0.2) is 11.9 Å². The van der Waals surface area contributed by atoms with Crippen LogP contribution in [0.1, 0.15) is 33.9 Å². The van der Waals surface area contributed by atoms with Crippen molar-refractivity contribution < 1.29 is 37.4 Å². The number of esters is 1. The predicted molar refractivity (Wildman–Crippen MR) is 130 cm³/mol. The van der Waals surface area contributed by atoms with Crippen molar-refractivity contribution in [3.63, 3.8) is 0 Å². The molecular formula is C22H28ClFN3O9P. The van der Waals surface area contributed by atoms with E-state index in [-0.39, 0.29) is 10.8 Å². The lowest BCUT2D eigenvalue weighted by Gasteiger charge is -2.25. The van der Waals surface area contributed by atoms with Crippen LogP contribution in [0.15, 0.2) is 46.1 Å². The lowest BCUT2D eigenvalue weighted by Crippen LogP contribution is -2.43. The molecule has 0 aliphatic carbocycles. The summed E-state index contributed by atoms with van der Waals surface area (Å²) in [5.74, 6) is -0.780. The van der Waals surface area contributed by atoms with Gasteiger partial charge in [-0.2, -0.15) is 5.09 Å². The molecule has 0 radical (unpaired) electrons. The molecule has 3 rings (SSSR count). The van der Waals surface area contributed by atoms with Crippen molar-refractivity contribution in [2.45, 2.75) is 63.9 Å². The SMILES string of the molecule is CC(C)OC(=O)[C@H](C)NP(=O)(OCC1OC(n2ccc(=O)[nH]c2=O)[C@](C)(F)[C@@H]1O)Oc1ccccc1Cl. The first-order valence-electron chi connectivity index (χ1n) is 11.2. The van der Waals surface area contributed by atoms with Gasteiger partial charge in [0.05, 0.1) is 17.7 Å². The zero-order valence-electron chi connectivity index (χ0n) is 20.4. The minimum absolute atomic E-state index is 0.0367. The number of alkyl halides is 1. The topological polar surface area (TPSA) is 158 Å². The molecule has 0 spiro atoms. The van der Waals surface area contributed by atoms with Gasteiger partial charge in [0, 0.05) is 12.3 Å². The van der Waals surface area contributed by atoms with Gasteiger partial charge in [-0.05, 0) is 39.8 Å². The number of nitrogens with one attached hydrogen (secondary N) is 2. The number of rotatable bonds is 10. The van der Waals surface area contributed by atoms with Crippen LogP contribution < -0.4 is 20.9 Å². The molecular weight excluding hydrogens is 536 g/mol. The third-order valence-electron chi connectivity index (χ3n) is 5.34. The van der Waals surface area contributed by atoms with Gasteiger partial charge in [-0.25, -0.2) is 13.8 Å². The molecule has 204 valence electrons. The summed E-state index contributed by atoms with van der Waals surface area (Å²) in [5, 5.41) is 13.1. The monoisotopic (exact) mass is 563 g/mol. The highest BCUT2D eigenvalue weighted by atomic mass is 35.5. The first-order chi connectivity index (χ1) is 17.2. The highest BCUT2D eigenvalue weighted by Crippen LogP contribution is 2.48. The van der Waals surface area contributed by atoms with E-state index in [0.29, 0.717) is 0 Å². The number of aromatic amines is 1. The predicted octanol–water partition coefficient (Wildman–Crippen LogP) is 2.31. The van der Waals surface area contributed by atoms with Gasteiger partial charge in [0.2, 0.25) is 0 Å². The molecule has 0 amide bonds. The Morgan fingerprint density at radius 3 is 2.62 bits per heavy atom. The molecule has 0 saturated carbocycles. The van der Waals surface area contributed by atoms with Crippen LogP contribution in [0.5, 0.6) is 5.75 Å². The smallest absolute Gasteiger partial charge is 0.459 e. The summed E-state index contributed by atoms with van der Waals surface area (Å²) in [5.41, 5.74) is -4.16. The number of ether oxygens (including phenoxy) is 2. The molecule has 15 heteroatoms. The fraction of sp³-hybridized carbons (Fsp3) is 0.500. The average Bonchev–Trinajstić information content (AvgIpc) is 3.02. The van der Waals surface area contributed by atoms with Crippen LogP contribution in [0.3, 0.4) is 0 Å². The minimum Gasteiger partial charge on any atom is -0.462 e. The quantitative estimate of drug-likeness (QED) is 0.289. The van der Waals surface area contributed by atoms with E-state index in [2.05, 4.69) is 5.09 Å². The van der Waals surface area contributed by atoms with Crippen molar-refractivity contribution in [2.24, 2.45) is 0 Å². The van der Waals surface area contributed by atoms with Gasteiger partial charge < -0.3 is 19.1 Å². The Bertz CT molecular complexity index is 1280. The van der Waals surface area contributed by atoms with Crippen LogP contribution in [0, 0.1) is 0 Å². The molecule has 1 fully saturated rings. The molecule has 6 atom stereocenters. The molecule has 2 heterocycles. The molecule has 1 saturated heterocycles. The van der Waals surface area contributed by atoms with Crippen molar-refractivity contribution >= 4 is 25.3 Å². The van der Waals surface area contributed by atoms with E-state index < -0.39 is 67.8 Å². The molecule has 3 N–H and O–H groups in total. The van der Waals surface area contributed by atoms with E-state index in [4.69, 9.17) is 30.1 Å². The summed E-state index contributed by atoms with van der Waals surface area (Å²) >= 11 is 6.11. The number of para-hydroxylation sites is 1. The molecule has 12 nitrogen and oxygen atoms in total. The van der Waals surface area contributed by atoms with Crippen molar-refractivity contribution in [2.75, 3.05) is 6.61 Å².